The van der Waals surface area contributed by atoms with Gasteiger partial charge in [-0.25, -0.2) is 8.70 Å². The van der Waals surface area contributed by atoms with Crippen LogP contribution in [0.25, 0.3) is 22.8 Å². The van der Waals surface area contributed by atoms with Crippen LogP contribution in [-0.2, 0) is 22.1 Å². The van der Waals surface area contributed by atoms with Gasteiger partial charge in [0, 0.05) is 36.8 Å². The van der Waals surface area contributed by atoms with E-state index in [-0.39, 0.29) is 12.4 Å². The number of halogens is 1. The minimum Gasteiger partial charge on any atom is -0.301 e. The van der Waals surface area contributed by atoms with Crippen LogP contribution in [0.3, 0.4) is 0 Å². The summed E-state index contributed by atoms with van der Waals surface area (Å²) in [5, 5.41) is 5.10. The molecule has 0 atom stereocenters. The molecule has 1 N–H and O–H groups in total. The first-order valence-corrected chi connectivity index (χ1v) is 10.8. The van der Waals surface area contributed by atoms with Crippen molar-refractivity contribution in [2.45, 2.75) is 26.7 Å². The molecule has 160 valence electrons. The normalized spacial score (nSPS) is 12.2. The molecule has 1 amide bonds. The summed E-state index contributed by atoms with van der Waals surface area (Å²) < 4.78 is 49.9. The van der Waals surface area contributed by atoms with Crippen molar-refractivity contribution in [1.82, 2.24) is 18.7 Å². The molecule has 0 fully saturated rings. The number of unbranched alkanes of at least 4 members (excludes halogenated alkanes) is 1. The molecule has 0 aliphatic carbocycles. The van der Waals surface area contributed by atoms with Crippen LogP contribution in [0.2, 0.25) is 0 Å². The maximum absolute atomic E-state index is 13.5. The molecule has 2 aromatic heterocycles. The first-order valence-electron chi connectivity index (χ1n) is 9.41. The molecule has 3 aromatic rings. The predicted octanol–water partition coefficient (Wildman–Crippen LogP) is 3.26. The minimum atomic E-state index is -4.66. The van der Waals surface area contributed by atoms with Gasteiger partial charge in [0.1, 0.15) is 11.6 Å². The third-order valence-electron chi connectivity index (χ3n) is 4.75. The topological polar surface area (TPSA) is 97.4 Å². The number of aromatic nitrogens is 3. The highest BCUT2D eigenvalue weighted by Gasteiger charge is 2.23. The van der Waals surface area contributed by atoms with Gasteiger partial charge in [-0.15, -0.1) is 0 Å². The molecular weight excluding hydrogens is 411 g/mol. The van der Waals surface area contributed by atoms with Crippen molar-refractivity contribution in [3.63, 3.8) is 0 Å². The van der Waals surface area contributed by atoms with E-state index < -0.39 is 16.2 Å². The van der Waals surface area contributed by atoms with Crippen LogP contribution >= 0.6 is 0 Å². The molecule has 0 bridgehead atoms. The largest absolute Gasteiger partial charge is 0.362 e. The summed E-state index contributed by atoms with van der Waals surface area (Å²) in [6, 6.07) is 6.20. The predicted molar refractivity (Wildman–Crippen MR) is 112 cm³/mol. The van der Waals surface area contributed by atoms with E-state index in [9.17, 15) is 22.2 Å². The molecule has 8 nitrogen and oxygen atoms in total. The number of rotatable bonds is 7. The monoisotopic (exact) mass is 434 g/mol. The Morgan fingerprint density at radius 3 is 2.73 bits per heavy atom. The highest BCUT2D eigenvalue weighted by molar-refractivity contribution is 7.84. The zero-order chi connectivity index (χ0) is 22.1. The molecule has 0 radical (unpaired) electrons. The Hall–Kier alpha value is -2.98. The number of hydrogen-bond acceptors (Lipinski definition) is 4. The average Bonchev–Trinajstić information content (AvgIpc) is 3.18. The first-order chi connectivity index (χ1) is 14.1. The lowest BCUT2D eigenvalue weighted by atomic mass is 10.2. The Morgan fingerprint density at radius 1 is 1.33 bits per heavy atom. The zero-order valence-corrected chi connectivity index (χ0v) is 17.7. The summed E-state index contributed by atoms with van der Waals surface area (Å²) in [6.07, 6.45) is 5.44. The van der Waals surface area contributed by atoms with Gasteiger partial charge in [-0.2, -0.15) is 13.5 Å². The van der Waals surface area contributed by atoms with Gasteiger partial charge in [0.05, 0.1) is 11.2 Å². The van der Waals surface area contributed by atoms with E-state index >= 15 is 0 Å². The number of aryl methyl sites for hydroxylation is 2. The summed E-state index contributed by atoms with van der Waals surface area (Å²) in [5.41, 5.74) is 1.97. The number of benzene rings is 1. The molecule has 2 heterocycles. The van der Waals surface area contributed by atoms with Gasteiger partial charge < -0.3 is 4.57 Å². The van der Waals surface area contributed by atoms with E-state index in [1.807, 2.05) is 11.5 Å². The molecule has 30 heavy (non-hydrogen) atoms. The lowest BCUT2D eigenvalue weighted by Gasteiger charge is -2.16. The number of carbonyl (C=O) groups is 1. The Bertz CT molecular complexity index is 1230. The minimum absolute atomic E-state index is 0.106. The van der Waals surface area contributed by atoms with Gasteiger partial charge in [0.2, 0.25) is 0 Å². The fraction of sp³-hybridized carbons (Fsp3) is 0.300. The van der Waals surface area contributed by atoms with Crippen molar-refractivity contribution in [2.75, 3.05) is 6.54 Å². The first kappa shape index (κ1) is 21.7. The fourth-order valence-electron chi connectivity index (χ4n) is 3.32. The van der Waals surface area contributed by atoms with Crippen molar-refractivity contribution in [2.24, 2.45) is 7.05 Å². The van der Waals surface area contributed by atoms with Crippen LogP contribution in [0, 0.1) is 12.7 Å². The van der Waals surface area contributed by atoms with Crippen molar-refractivity contribution in [3.8, 4) is 5.82 Å². The maximum atomic E-state index is 13.5. The Balaban J connectivity index is 2.02. The molecule has 0 aliphatic heterocycles. The molecule has 0 unspecified atom stereocenters. The number of amides is 1. The van der Waals surface area contributed by atoms with Gasteiger partial charge in [-0.05, 0) is 43.7 Å². The number of fused-ring (bicyclic) bond motifs is 1. The van der Waals surface area contributed by atoms with Gasteiger partial charge in [-0.3, -0.25) is 14.0 Å². The van der Waals surface area contributed by atoms with E-state index in [2.05, 4.69) is 5.10 Å². The Labute approximate surface area is 174 Å². The second kappa shape index (κ2) is 8.41. The molecule has 0 saturated carbocycles. The van der Waals surface area contributed by atoms with Crippen LogP contribution in [0.4, 0.5) is 4.39 Å². The molecule has 3 rings (SSSR count). The quantitative estimate of drug-likeness (QED) is 0.455. The van der Waals surface area contributed by atoms with Gasteiger partial charge in [0.25, 0.3) is 5.91 Å². The third kappa shape index (κ3) is 4.29. The van der Waals surface area contributed by atoms with E-state index in [0.717, 1.165) is 11.6 Å². The zero-order valence-electron chi connectivity index (χ0n) is 16.9. The average molecular weight is 434 g/mol. The van der Waals surface area contributed by atoms with Crippen LogP contribution in [0.1, 0.15) is 31.0 Å². The van der Waals surface area contributed by atoms with Crippen molar-refractivity contribution in [3.05, 3.63) is 53.6 Å². The second-order valence-electron chi connectivity index (χ2n) is 6.91. The van der Waals surface area contributed by atoms with E-state index in [0.29, 0.717) is 39.6 Å². The summed E-state index contributed by atoms with van der Waals surface area (Å²) in [7, 11) is -2.92. The van der Waals surface area contributed by atoms with Crippen LogP contribution < -0.4 is 0 Å². The van der Waals surface area contributed by atoms with Gasteiger partial charge in [-0.1, -0.05) is 13.3 Å². The van der Waals surface area contributed by atoms with Crippen molar-refractivity contribution >= 4 is 33.2 Å². The maximum Gasteiger partial charge on any atom is 0.362 e. The highest BCUT2D eigenvalue weighted by atomic mass is 32.2. The summed E-state index contributed by atoms with van der Waals surface area (Å²) >= 11 is 0. The van der Waals surface area contributed by atoms with Gasteiger partial charge >= 0.3 is 10.3 Å². The van der Waals surface area contributed by atoms with Crippen molar-refractivity contribution < 1.29 is 22.2 Å². The van der Waals surface area contributed by atoms with E-state index in [4.69, 9.17) is 0 Å². The fourth-order valence-corrected chi connectivity index (χ4v) is 3.97. The Kier molecular flexibility index (Phi) is 6.09. The smallest absolute Gasteiger partial charge is 0.301 e. The molecular formula is C20H23FN4O4S. The molecule has 0 aliphatic rings. The molecule has 10 heteroatoms. The van der Waals surface area contributed by atoms with Gasteiger partial charge in [0.15, 0.2) is 0 Å². The van der Waals surface area contributed by atoms with Crippen LogP contribution in [0.15, 0.2) is 36.5 Å². The van der Waals surface area contributed by atoms with Crippen LogP contribution in [-0.4, -0.2) is 44.1 Å². The number of carbonyl (C=O) groups excluding carboxylic acids is 1. The van der Waals surface area contributed by atoms with Crippen LogP contribution in [0.5, 0.6) is 0 Å². The van der Waals surface area contributed by atoms with E-state index in [1.165, 1.54) is 18.2 Å². The third-order valence-corrected chi connectivity index (χ3v) is 5.67. The lowest BCUT2D eigenvalue weighted by Crippen LogP contribution is -2.36. The SMILES string of the molecule is CCCCN(C(=O)C=Cc1c(C)nn(C)c1-n1ccc2cc(F)ccc21)S(=O)(=O)O. The molecule has 0 saturated heterocycles. The summed E-state index contributed by atoms with van der Waals surface area (Å²) in [5.74, 6) is -0.561. The lowest BCUT2D eigenvalue weighted by molar-refractivity contribution is -0.121. The highest BCUT2D eigenvalue weighted by Crippen LogP contribution is 2.26. The second-order valence-corrected chi connectivity index (χ2v) is 8.25. The van der Waals surface area contributed by atoms with E-state index in [1.54, 1.807) is 37.0 Å². The number of nitrogens with zero attached hydrogens (tertiary/aromatic N) is 4. The molecule has 0 spiro atoms. The summed E-state index contributed by atoms with van der Waals surface area (Å²) in [4.78, 5) is 12.5. The van der Waals surface area contributed by atoms with Crippen molar-refractivity contribution in [1.29, 1.82) is 0 Å². The standard InChI is InChI=1S/C20H23FN4O4S/c1-4-5-11-25(30(27,28)29)19(26)9-7-17-14(2)22-23(3)20(17)24-12-10-15-13-16(21)6-8-18(15)24/h6-10,12-13H,4-5,11H2,1-3H3,(H,27,28,29). The number of hydrogen-bond donors (Lipinski definition) is 1. The Morgan fingerprint density at radius 2 is 2.07 bits per heavy atom. The molecule has 1 aromatic carbocycles. The summed E-state index contributed by atoms with van der Waals surface area (Å²) in [6.45, 7) is 3.50.